The summed E-state index contributed by atoms with van der Waals surface area (Å²) in [6.45, 7) is 9.00. The van der Waals surface area contributed by atoms with Crippen molar-refractivity contribution in [1.82, 2.24) is 20.1 Å². The van der Waals surface area contributed by atoms with Gasteiger partial charge in [0.15, 0.2) is 0 Å². The van der Waals surface area contributed by atoms with Crippen LogP contribution in [0.2, 0.25) is 0 Å². The van der Waals surface area contributed by atoms with Gasteiger partial charge in [0, 0.05) is 56.9 Å². The Kier molecular flexibility index (Phi) is 9.19. The van der Waals surface area contributed by atoms with Crippen LogP contribution in [0.25, 0.3) is 0 Å². The van der Waals surface area contributed by atoms with Gasteiger partial charge >= 0.3 is 6.09 Å². The molecular formula is C33H42N4O4. The first kappa shape index (κ1) is 28.6. The average molecular weight is 559 g/mol. The number of cyclic esters (lactones) is 1. The highest BCUT2D eigenvalue weighted by Gasteiger charge is 2.40. The number of allylic oxidation sites excluding steroid dienone is 4. The minimum atomic E-state index is -0.199. The molecule has 0 spiro atoms. The van der Waals surface area contributed by atoms with Crippen molar-refractivity contribution in [1.29, 1.82) is 0 Å². The third-order valence-electron chi connectivity index (χ3n) is 8.24. The molecule has 2 atom stereocenters. The van der Waals surface area contributed by atoms with E-state index in [9.17, 15) is 9.59 Å². The lowest BCUT2D eigenvalue weighted by atomic mass is 9.98. The van der Waals surface area contributed by atoms with Gasteiger partial charge in [0.05, 0.1) is 6.04 Å². The summed E-state index contributed by atoms with van der Waals surface area (Å²) in [5, 5.41) is 2.97. The largest absolute Gasteiger partial charge is 0.447 e. The van der Waals surface area contributed by atoms with Crippen molar-refractivity contribution < 1.29 is 20.5 Å². The maximum absolute atomic E-state index is 12.6. The lowest BCUT2D eigenvalue weighted by Gasteiger charge is -2.38. The Morgan fingerprint density at radius 3 is 2.68 bits per heavy atom. The fraction of sp³-hybridized carbons (Fsp3) is 0.424. The minimum Gasteiger partial charge on any atom is -0.447 e. The van der Waals surface area contributed by atoms with Crippen LogP contribution in [-0.2, 0) is 16.1 Å². The fourth-order valence-electron chi connectivity index (χ4n) is 5.51. The van der Waals surface area contributed by atoms with Gasteiger partial charge in [-0.25, -0.2) is 9.78 Å². The molecule has 2 aliphatic heterocycles. The second kappa shape index (κ2) is 13.2. The van der Waals surface area contributed by atoms with Crippen molar-refractivity contribution in [2.24, 2.45) is 5.92 Å². The van der Waals surface area contributed by atoms with Gasteiger partial charge in [0.2, 0.25) is 11.8 Å². The Balaban J connectivity index is 0.00000405. The van der Waals surface area contributed by atoms with Crippen LogP contribution in [0.5, 0.6) is 5.88 Å². The first-order chi connectivity index (χ1) is 19.9. The summed E-state index contributed by atoms with van der Waals surface area (Å²) in [6, 6.07) is 14.4. The topological polar surface area (TPSA) is 84.0 Å². The summed E-state index contributed by atoms with van der Waals surface area (Å²) >= 11 is 0. The van der Waals surface area contributed by atoms with Gasteiger partial charge in [-0.15, -0.1) is 0 Å². The molecule has 41 heavy (non-hydrogen) atoms. The number of carbonyl (C=O) groups is 2. The van der Waals surface area contributed by atoms with E-state index >= 15 is 0 Å². The first-order valence-electron chi connectivity index (χ1n) is 14.7. The predicted molar refractivity (Wildman–Crippen MR) is 160 cm³/mol. The molecule has 1 aliphatic carbocycles. The molecule has 2 fully saturated rings. The number of likely N-dealkylation sites (tertiary alicyclic amines) is 1. The number of aromatic nitrogens is 1. The molecule has 8 heteroatoms. The number of pyridine rings is 1. The van der Waals surface area contributed by atoms with Crippen molar-refractivity contribution in [3.05, 3.63) is 95.0 Å². The molecule has 2 aromatic rings. The maximum Gasteiger partial charge on any atom is 0.410 e. The van der Waals surface area contributed by atoms with E-state index in [1.165, 1.54) is 5.56 Å². The second-order valence-electron chi connectivity index (χ2n) is 11.1. The summed E-state index contributed by atoms with van der Waals surface area (Å²) in [4.78, 5) is 33.9. The molecule has 2 amide bonds. The van der Waals surface area contributed by atoms with Crippen molar-refractivity contribution in [3.8, 4) is 5.88 Å². The smallest absolute Gasteiger partial charge is 0.410 e. The van der Waals surface area contributed by atoms with E-state index in [0.29, 0.717) is 18.9 Å². The molecule has 218 valence electrons. The van der Waals surface area contributed by atoms with Gasteiger partial charge < -0.3 is 14.8 Å². The van der Waals surface area contributed by atoms with E-state index in [1.807, 2.05) is 74.2 Å². The third kappa shape index (κ3) is 7.06. The van der Waals surface area contributed by atoms with Crippen molar-refractivity contribution >= 4 is 12.0 Å². The molecule has 1 aromatic carbocycles. The van der Waals surface area contributed by atoms with Crippen molar-refractivity contribution in [2.45, 2.75) is 65.1 Å². The van der Waals surface area contributed by atoms with Crippen LogP contribution in [-0.4, -0.2) is 52.5 Å². The van der Waals surface area contributed by atoms with Gasteiger partial charge in [0.1, 0.15) is 12.4 Å². The third-order valence-corrected chi connectivity index (χ3v) is 8.24. The van der Waals surface area contributed by atoms with Crippen molar-refractivity contribution in [3.63, 3.8) is 0 Å². The number of ether oxygens (including phenoxy) is 2. The lowest BCUT2D eigenvalue weighted by Crippen LogP contribution is -2.46. The molecule has 3 heterocycles. The fourth-order valence-corrected chi connectivity index (χ4v) is 5.51. The van der Waals surface area contributed by atoms with E-state index in [4.69, 9.17) is 14.5 Å². The van der Waals surface area contributed by atoms with Crippen molar-refractivity contribution in [2.75, 3.05) is 19.7 Å². The first-order valence-corrected chi connectivity index (χ1v) is 14.7. The van der Waals surface area contributed by atoms with Gasteiger partial charge in [-0.05, 0) is 55.5 Å². The molecule has 3 aliphatic rings. The zero-order valence-corrected chi connectivity index (χ0v) is 24.2. The average Bonchev–Trinajstić information content (AvgIpc) is 3.24. The Morgan fingerprint density at radius 1 is 1.17 bits per heavy atom. The number of rotatable bonds is 9. The number of nitrogens with one attached hydrogen (secondary N) is 1. The second-order valence-corrected chi connectivity index (χ2v) is 11.1. The zero-order valence-electron chi connectivity index (χ0n) is 24.2. The predicted octanol–water partition coefficient (Wildman–Crippen LogP) is 6.06. The molecule has 5 rings (SSSR count). The molecule has 0 saturated carbocycles. The Hall–Kier alpha value is -3.91. The Morgan fingerprint density at radius 2 is 1.95 bits per heavy atom. The number of piperidine rings is 1. The van der Waals surface area contributed by atoms with Crippen LogP contribution in [0, 0.1) is 12.8 Å². The number of hydrogen-bond acceptors (Lipinski definition) is 6. The molecule has 1 unspecified atom stereocenters. The van der Waals surface area contributed by atoms with E-state index in [1.54, 1.807) is 0 Å². The normalized spacial score (nSPS) is 20.6. The lowest BCUT2D eigenvalue weighted by molar-refractivity contribution is -0.123. The van der Waals surface area contributed by atoms with Crippen LogP contribution >= 0.6 is 0 Å². The molecule has 1 aromatic heterocycles. The Bertz CT molecular complexity index is 1330. The quantitative estimate of drug-likeness (QED) is 0.403. The van der Waals surface area contributed by atoms with Crippen LogP contribution in [0.4, 0.5) is 4.79 Å². The molecule has 2 saturated heterocycles. The molecular weight excluding hydrogens is 516 g/mol. The number of aryl methyl sites for hydroxylation is 1. The summed E-state index contributed by atoms with van der Waals surface area (Å²) in [7, 11) is 0. The minimum absolute atomic E-state index is 0. The van der Waals surface area contributed by atoms with Crippen LogP contribution in [0.3, 0.4) is 0 Å². The highest BCUT2D eigenvalue weighted by atomic mass is 16.6. The number of nitrogens with zero attached hydrogens (tertiary/aromatic N) is 3. The van der Waals surface area contributed by atoms with E-state index in [2.05, 4.69) is 28.4 Å². The number of benzene rings is 1. The molecule has 0 bridgehead atoms. The number of hydrogen-bond donors (Lipinski definition) is 1. The highest BCUT2D eigenvalue weighted by molar-refractivity contribution is 5.80. The van der Waals surface area contributed by atoms with E-state index in [0.717, 1.165) is 61.6 Å². The summed E-state index contributed by atoms with van der Waals surface area (Å²) in [6.07, 6.45) is 10.7. The summed E-state index contributed by atoms with van der Waals surface area (Å²) < 4.78 is 11.5. The van der Waals surface area contributed by atoms with Gasteiger partial charge in [-0.2, -0.15) is 0 Å². The van der Waals surface area contributed by atoms with Crippen LogP contribution in [0.15, 0.2) is 78.2 Å². The maximum atomic E-state index is 12.6. The Labute approximate surface area is 244 Å². The number of amides is 2. The van der Waals surface area contributed by atoms with Gasteiger partial charge in [-0.1, -0.05) is 56.3 Å². The summed E-state index contributed by atoms with van der Waals surface area (Å²) in [5.74, 6) is 1.32. The molecule has 1 N–H and O–H groups in total. The van der Waals surface area contributed by atoms with Gasteiger partial charge in [-0.3, -0.25) is 14.6 Å². The SMILES string of the molecule is CCC(C)C(=O)NC1=CC=C(Oc2ccc(CN3CCC(N4C(=O)OC[C@H]4c4ccccc4)CC3)c(C)n2)CC=C1.[HH]. The standard InChI is InChI=1S/C33H40N4O4.H2/c1-4-23(2)32(38)35-27-11-8-12-29(15-14-27)41-31-16-13-26(24(3)34-31)21-36-19-17-28(18-20-36)37-30(22-40-33(37)39)25-9-6-5-7-10-25;/h5-11,13-16,23,28,30H,4,12,17-22H2,1-3H3,(H,35,38);1H/t23?,30-;/m0./s1. The van der Waals surface area contributed by atoms with E-state index in [-0.39, 0.29) is 31.4 Å². The zero-order chi connectivity index (χ0) is 28.8. The molecule has 0 radical (unpaired) electrons. The van der Waals surface area contributed by atoms with Gasteiger partial charge in [0.25, 0.3) is 0 Å². The monoisotopic (exact) mass is 558 g/mol. The summed E-state index contributed by atoms with van der Waals surface area (Å²) in [5.41, 5.74) is 4.00. The molecule has 8 nitrogen and oxygen atoms in total. The van der Waals surface area contributed by atoms with Crippen LogP contribution < -0.4 is 10.1 Å². The highest BCUT2D eigenvalue weighted by Crippen LogP contribution is 2.33. The van der Waals surface area contributed by atoms with E-state index < -0.39 is 0 Å². The number of carbonyl (C=O) groups excluding carboxylic acids is 2. The van der Waals surface area contributed by atoms with Crippen LogP contribution in [0.1, 0.15) is 63.8 Å².